The number of carboxylic acids is 1. The van der Waals surface area contributed by atoms with E-state index in [9.17, 15) is 19.5 Å². The molecular weight excluding hydrogens is 406 g/mol. The number of carbonyl (C=O) groups is 2. The maximum atomic E-state index is 12.4. The second-order valence-electron chi connectivity index (χ2n) is 7.20. The Morgan fingerprint density at radius 3 is 2.70 bits per heavy atom. The van der Waals surface area contributed by atoms with Gasteiger partial charge in [-0.05, 0) is 62.8 Å². The third-order valence-corrected chi connectivity index (χ3v) is 5.54. The first kappa shape index (κ1) is 23.8. The van der Waals surface area contributed by atoms with Crippen molar-refractivity contribution in [2.75, 3.05) is 12.0 Å². The minimum atomic E-state index is -1.08. The summed E-state index contributed by atoms with van der Waals surface area (Å²) in [6.45, 7) is 5.42. The van der Waals surface area contributed by atoms with Gasteiger partial charge in [0, 0.05) is 17.0 Å². The Morgan fingerprint density at radius 2 is 2.07 bits per heavy atom. The lowest BCUT2D eigenvalue weighted by atomic mass is 10.0. The van der Waals surface area contributed by atoms with Crippen molar-refractivity contribution in [3.05, 3.63) is 39.7 Å². The van der Waals surface area contributed by atoms with E-state index in [-0.39, 0.29) is 0 Å². The lowest BCUT2D eigenvalue weighted by molar-refractivity contribution is -0.142. The monoisotopic (exact) mass is 435 g/mol. The summed E-state index contributed by atoms with van der Waals surface area (Å²) >= 11 is 1.51. The predicted molar refractivity (Wildman–Crippen MR) is 118 cm³/mol. The molecule has 1 aromatic carbocycles. The Labute approximate surface area is 180 Å². The number of carbonyl (C=O) groups excluding carboxylic acids is 1. The number of benzene rings is 1. The van der Waals surface area contributed by atoms with Gasteiger partial charge < -0.3 is 19.6 Å². The molecule has 8 heteroatoms. The van der Waals surface area contributed by atoms with Crippen LogP contribution in [0.4, 0.5) is 0 Å². The quantitative estimate of drug-likeness (QED) is 0.520. The van der Waals surface area contributed by atoms with Crippen molar-refractivity contribution in [3.8, 4) is 5.75 Å². The number of aliphatic carboxylic acids is 1. The second kappa shape index (κ2) is 11.1. The van der Waals surface area contributed by atoms with Gasteiger partial charge >= 0.3 is 11.6 Å². The van der Waals surface area contributed by atoms with Crippen molar-refractivity contribution in [2.45, 2.75) is 58.6 Å². The zero-order chi connectivity index (χ0) is 22.3. The SMILES string of the molecule is CCCCc1cc(=O)oc2c(C)c(O[C@H](C)C(=O)N[C@@H](CCSC)C(=O)O)ccc12. The maximum absolute atomic E-state index is 12.4. The van der Waals surface area contributed by atoms with Gasteiger partial charge in [0.25, 0.3) is 5.91 Å². The molecule has 0 fully saturated rings. The number of hydrogen-bond acceptors (Lipinski definition) is 6. The lowest BCUT2D eigenvalue weighted by Crippen LogP contribution is -2.46. The molecule has 7 nitrogen and oxygen atoms in total. The zero-order valence-electron chi connectivity index (χ0n) is 17.8. The van der Waals surface area contributed by atoms with E-state index in [1.807, 2.05) is 12.3 Å². The van der Waals surface area contributed by atoms with Crippen molar-refractivity contribution in [3.63, 3.8) is 0 Å². The fraction of sp³-hybridized carbons (Fsp3) is 0.500. The first-order valence-corrected chi connectivity index (χ1v) is 11.4. The molecule has 30 heavy (non-hydrogen) atoms. The van der Waals surface area contributed by atoms with Crippen LogP contribution < -0.4 is 15.7 Å². The Balaban J connectivity index is 2.22. The van der Waals surface area contributed by atoms with Crippen LogP contribution in [0.2, 0.25) is 0 Å². The minimum Gasteiger partial charge on any atom is -0.480 e. The molecule has 0 saturated carbocycles. The van der Waals surface area contributed by atoms with Gasteiger partial charge in [0.2, 0.25) is 0 Å². The summed E-state index contributed by atoms with van der Waals surface area (Å²) in [7, 11) is 0. The van der Waals surface area contributed by atoms with Crippen LogP contribution in [0, 0.1) is 6.92 Å². The number of amides is 1. The standard InChI is InChI=1S/C22H29NO6S/c1-5-6-7-15-12-19(24)29-20-13(2)18(9-8-16(15)20)28-14(3)21(25)23-17(22(26)27)10-11-30-4/h8-9,12,14,17H,5-7,10-11H2,1-4H3,(H,23,25)(H,26,27)/t14-,17+/m1/s1. The van der Waals surface area contributed by atoms with Crippen LogP contribution >= 0.6 is 11.8 Å². The average Bonchev–Trinajstić information content (AvgIpc) is 2.71. The van der Waals surface area contributed by atoms with Crippen LogP contribution in [0.5, 0.6) is 5.75 Å². The molecule has 0 aliphatic carbocycles. The summed E-state index contributed by atoms with van der Waals surface area (Å²) < 4.78 is 11.2. The summed E-state index contributed by atoms with van der Waals surface area (Å²) in [6.07, 6.45) is 4.06. The van der Waals surface area contributed by atoms with Crippen LogP contribution in [0.3, 0.4) is 0 Å². The molecule has 0 aliphatic rings. The number of aryl methyl sites for hydroxylation is 2. The van der Waals surface area contributed by atoms with Crippen LogP contribution in [0.25, 0.3) is 11.0 Å². The molecule has 2 rings (SSSR count). The number of ether oxygens (including phenoxy) is 1. The number of nitrogens with one attached hydrogen (secondary N) is 1. The summed E-state index contributed by atoms with van der Waals surface area (Å²) in [5, 5.41) is 12.7. The van der Waals surface area contributed by atoms with Gasteiger partial charge in [-0.2, -0.15) is 11.8 Å². The number of rotatable bonds is 11. The average molecular weight is 436 g/mol. The topological polar surface area (TPSA) is 106 Å². The van der Waals surface area contributed by atoms with Crippen molar-refractivity contribution >= 4 is 34.6 Å². The molecule has 0 aliphatic heterocycles. The molecule has 2 N–H and O–H groups in total. The predicted octanol–water partition coefficient (Wildman–Crippen LogP) is 3.53. The summed E-state index contributed by atoms with van der Waals surface area (Å²) in [5.74, 6) is -0.554. The molecule has 2 aromatic rings. The Hall–Kier alpha value is -2.48. The van der Waals surface area contributed by atoms with Crippen molar-refractivity contribution in [1.82, 2.24) is 5.32 Å². The Morgan fingerprint density at radius 1 is 1.33 bits per heavy atom. The van der Waals surface area contributed by atoms with Gasteiger partial charge in [0.05, 0.1) is 0 Å². The molecule has 1 heterocycles. The minimum absolute atomic E-state index is 0.329. The summed E-state index contributed by atoms with van der Waals surface area (Å²) in [5.41, 5.74) is 1.58. The summed E-state index contributed by atoms with van der Waals surface area (Å²) in [4.78, 5) is 35.8. The highest BCUT2D eigenvalue weighted by atomic mass is 32.2. The van der Waals surface area contributed by atoms with Gasteiger partial charge in [-0.15, -0.1) is 0 Å². The van der Waals surface area contributed by atoms with E-state index in [0.29, 0.717) is 29.1 Å². The third-order valence-electron chi connectivity index (χ3n) is 4.89. The lowest BCUT2D eigenvalue weighted by Gasteiger charge is -2.20. The number of unbranched alkanes of at least 4 members (excludes halogenated alkanes) is 1. The Kier molecular flexibility index (Phi) is 8.77. The molecule has 0 bridgehead atoms. The van der Waals surface area contributed by atoms with Gasteiger partial charge in [-0.25, -0.2) is 9.59 Å². The normalized spacial score (nSPS) is 13.1. The van der Waals surface area contributed by atoms with Crippen molar-refractivity contribution in [1.29, 1.82) is 0 Å². The van der Waals surface area contributed by atoms with E-state index in [4.69, 9.17) is 9.15 Å². The van der Waals surface area contributed by atoms with Gasteiger partial charge in [0.15, 0.2) is 6.10 Å². The van der Waals surface area contributed by atoms with E-state index >= 15 is 0 Å². The third kappa shape index (κ3) is 6.01. The number of thioether (sulfide) groups is 1. The van der Waals surface area contributed by atoms with Crippen LogP contribution in [0.15, 0.2) is 27.4 Å². The number of carboxylic acid groups (broad SMARTS) is 1. The molecule has 0 unspecified atom stereocenters. The molecule has 1 aromatic heterocycles. The highest BCUT2D eigenvalue weighted by Gasteiger charge is 2.24. The largest absolute Gasteiger partial charge is 0.480 e. The van der Waals surface area contributed by atoms with Gasteiger partial charge in [-0.1, -0.05) is 13.3 Å². The fourth-order valence-corrected chi connectivity index (χ4v) is 3.61. The van der Waals surface area contributed by atoms with Gasteiger partial charge in [-0.3, -0.25) is 4.79 Å². The summed E-state index contributed by atoms with van der Waals surface area (Å²) in [6, 6.07) is 4.13. The van der Waals surface area contributed by atoms with Crippen molar-refractivity contribution < 1.29 is 23.8 Å². The first-order valence-electron chi connectivity index (χ1n) is 10.0. The smallest absolute Gasteiger partial charge is 0.336 e. The van der Waals surface area contributed by atoms with E-state index < -0.39 is 29.6 Å². The molecule has 2 atom stereocenters. The highest BCUT2D eigenvalue weighted by molar-refractivity contribution is 7.98. The Bertz CT molecular complexity index is 955. The number of fused-ring (bicyclic) bond motifs is 1. The fourth-order valence-electron chi connectivity index (χ4n) is 3.14. The maximum Gasteiger partial charge on any atom is 0.336 e. The molecule has 0 spiro atoms. The van der Waals surface area contributed by atoms with Gasteiger partial charge in [0.1, 0.15) is 17.4 Å². The molecule has 1 amide bonds. The zero-order valence-corrected chi connectivity index (χ0v) is 18.6. The van der Waals surface area contributed by atoms with Crippen molar-refractivity contribution in [2.24, 2.45) is 0 Å². The molecule has 164 valence electrons. The number of hydrogen-bond donors (Lipinski definition) is 2. The molecule has 0 saturated heterocycles. The van der Waals surface area contributed by atoms with E-state index in [2.05, 4.69) is 12.2 Å². The van der Waals surface area contributed by atoms with E-state index in [0.717, 1.165) is 30.2 Å². The van der Waals surface area contributed by atoms with Crippen LogP contribution in [-0.2, 0) is 16.0 Å². The molecular formula is C22H29NO6S. The van der Waals surface area contributed by atoms with Crippen LogP contribution in [-0.4, -0.2) is 41.1 Å². The molecule has 0 radical (unpaired) electrons. The van der Waals surface area contributed by atoms with Crippen LogP contribution in [0.1, 0.15) is 44.2 Å². The van der Waals surface area contributed by atoms with E-state index in [1.54, 1.807) is 19.9 Å². The highest BCUT2D eigenvalue weighted by Crippen LogP contribution is 2.29. The first-order chi connectivity index (χ1) is 14.3. The second-order valence-corrected chi connectivity index (χ2v) is 8.19. The van der Waals surface area contributed by atoms with E-state index in [1.165, 1.54) is 17.8 Å².